The van der Waals surface area contributed by atoms with Crippen LogP contribution in [0.3, 0.4) is 0 Å². The van der Waals surface area contributed by atoms with Crippen LogP contribution in [0.2, 0.25) is 0 Å². The Morgan fingerprint density at radius 1 is 1.29 bits per heavy atom. The second-order valence-electron chi connectivity index (χ2n) is 4.08. The van der Waals surface area contributed by atoms with Gasteiger partial charge in [0.15, 0.2) is 0 Å². The van der Waals surface area contributed by atoms with Gasteiger partial charge in [0, 0.05) is 12.6 Å². The lowest BCUT2D eigenvalue weighted by Crippen LogP contribution is -2.47. The van der Waals surface area contributed by atoms with Crippen molar-refractivity contribution in [1.29, 1.82) is 5.26 Å². The van der Waals surface area contributed by atoms with Gasteiger partial charge in [0.05, 0.1) is 6.07 Å². The molecular formula is C14H18N2O. The van der Waals surface area contributed by atoms with Crippen LogP contribution in [0.1, 0.15) is 37.0 Å². The van der Waals surface area contributed by atoms with Crippen molar-refractivity contribution >= 4 is 5.91 Å². The molecule has 0 aliphatic heterocycles. The van der Waals surface area contributed by atoms with Gasteiger partial charge in [-0.2, -0.15) is 5.26 Å². The minimum atomic E-state index is -0.701. The number of nitrogens with zero attached hydrogens (tertiary/aromatic N) is 2. The van der Waals surface area contributed by atoms with Gasteiger partial charge in [-0.05, 0) is 25.0 Å². The average Bonchev–Trinajstić information content (AvgIpc) is 2.41. The number of hydrogen-bond acceptors (Lipinski definition) is 2. The van der Waals surface area contributed by atoms with Gasteiger partial charge < -0.3 is 4.90 Å². The van der Waals surface area contributed by atoms with Crippen LogP contribution in [0.4, 0.5) is 0 Å². The fraction of sp³-hybridized carbons (Fsp3) is 0.429. The Morgan fingerprint density at radius 3 is 2.24 bits per heavy atom. The first-order valence-electron chi connectivity index (χ1n) is 5.85. The van der Waals surface area contributed by atoms with E-state index in [4.69, 9.17) is 0 Å². The lowest BCUT2D eigenvalue weighted by atomic mass is 9.92. The van der Waals surface area contributed by atoms with Crippen LogP contribution in [0.15, 0.2) is 30.3 Å². The van der Waals surface area contributed by atoms with Crippen LogP contribution in [0.25, 0.3) is 0 Å². The number of carbonyl (C=O) groups excluding carboxylic acids is 1. The predicted molar refractivity (Wildman–Crippen MR) is 67.5 cm³/mol. The Kier molecular flexibility index (Phi) is 4.28. The Labute approximate surface area is 103 Å². The Hall–Kier alpha value is -1.82. The van der Waals surface area contributed by atoms with Crippen LogP contribution in [0, 0.1) is 11.3 Å². The maximum absolute atomic E-state index is 12.2. The van der Waals surface area contributed by atoms with E-state index in [-0.39, 0.29) is 5.91 Å². The van der Waals surface area contributed by atoms with Crippen LogP contribution < -0.4 is 0 Å². The zero-order chi connectivity index (χ0) is 12.9. The maximum atomic E-state index is 12.2. The molecule has 1 amide bonds. The summed E-state index contributed by atoms with van der Waals surface area (Å²) in [6.07, 6.45) is 1.27. The molecular weight excluding hydrogens is 212 g/mol. The molecule has 0 aliphatic rings. The zero-order valence-electron chi connectivity index (χ0n) is 10.6. The molecule has 1 rings (SSSR count). The molecule has 0 saturated carbocycles. The summed E-state index contributed by atoms with van der Waals surface area (Å²) in [7, 11) is 1.70. The molecule has 0 unspecified atom stereocenters. The minimum absolute atomic E-state index is 0.101. The topological polar surface area (TPSA) is 44.1 Å². The first kappa shape index (κ1) is 13.2. The van der Waals surface area contributed by atoms with Crippen molar-refractivity contribution in [3.63, 3.8) is 0 Å². The molecule has 0 atom stereocenters. The van der Waals surface area contributed by atoms with Gasteiger partial charge in [-0.1, -0.05) is 32.0 Å². The Bertz CT molecular complexity index is 416. The Balaban J connectivity index is 3.02. The van der Waals surface area contributed by atoms with Crippen molar-refractivity contribution < 1.29 is 4.79 Å². The summed E-state index contributed by atoms with van der Waals surface area (Å²) in [4.78, 5) is 13.8. The number of nitriles is 1. The van der Waals surface area contributed by atoms with Gasteiger partial charge >= 0.3 is 0 Å². The number of carbonyl (C=O) groups is 1. The first-order valence-corrected chi connectivity index (χ1v) is 5.85. The second kappa shape index (κ2) is 5.49. The summed E-state index contributed by atoms with van der Waals surface area (Å²) in [6.45, 7) is 3.86. The molecule has 3 heteroatoms. The van der Waals surface area contributed by atoms with Crippen molar-refractivity contribution in [3.05, 3.63) is 35.9 Å². The third-order valence-corrected chi connectivity index (χ3v) is 3.35. The molecule has 17 heavy (non-hydrogen) atoms. The predicted octanol–water partition coefficient (Wildman–Crippen LogP) is 2.84. The van der Waals surface area contributed by atoms with Crippen LogP contribution in [0.5, 0.6) is 0 Å². The number of benzene rings is 1. The van der Waals surface area contributed by atoms with Crippen molar-refractivity contribution in [2.24, 2.45) is 0 Å². The highest BCUT2D eigenvalue weighted by Gasteiger charge is 2.34. The molecule has 90 valence electrons. The summed E-state index contributed by atoms with van der Waals surface area (Å²) < 4.78 is 0. The van der Waals surface area contributed by atoms with Crippen LogP contribution >= 0.6 is 0 Å². The smallest absolute Gasteiger partial charge is 0.254 e. The van der Waals surface area contributed by atoms with E-state index in [1.165, 1.54) is 0 Å². The molecule has 0 radical (unpaired) electrons. The summed E-state index contributed by atoms with van der Waals surface area (Å²) in [5.41, 5.74) is -0.0797. The van der Waals surface area contributed by atoms with Gasteiger partial charge in [0.1, 0.15) is 5.54 Å². The second-order valence-corrected chi connectivity index (χ2v) is 4.08. The lowest BCUT2D eigenvalue weighted by molar-refractivity contribution is 0.0641. The molecule has 1 aromatic carbocycles. The molecule has 3 nitrogen and oxygen atoms in total. The lowest BCUT2D eigenvalue weighted by Gasteiger charge is -2.34. The number of rotatable bonds is 4. The van der Waals surface area contributed by atoms with E-state index < -0.39 is 5.54 Å². The standard InChI is InChI=1S/C14H18N2O/c1-4-14(5-2,11-15)16(3)13(17)12-9-7-6-8-10-12/h6-10H,4-5H2,1-3H3. The van der Waals surface area contributed by atoms with E-state index in [9.17, 15) is 10.1 Å². The fourth-order valence-electron chi connectivity index (χ4n) is 1.93. The van der Waals surface area contributed by atoms with Crippen molar-refractivity contribution in [1.82, 2.24) is 4.90 Å². The molecule has 0 aliphatic carbocycles. The molecule has 0 N–H and O–H groups in total. The third-order valence-electron chi connectivity index (χ3n) is 3.35. The van der Waals surface area contributed by atoms with Crippen LogP contribution in [-0.2, 0) is 0 Å². The highest BCUT2D eigenvalue weighted by Crippen LogP contribution is 2.23. The molecule has 0 saturated heterocycles. The monoisotopic (exact) mass is 230 g/mol. The summed E-state index contributed by atoms with van der Waals surface area (Å²) in [5, 5.41) is 9.30. The van der Waals surface area contributed by atoms with Gasteiger partial charge in [0.25, 0.3) is 5.91 Å². The van der Waals surface area contributed by atoms with E-state index in [0.717, 1.165) is 0 Å². The number of amides is 1. The molecule has 0 aromatic heterocycles. The van der Waals surface area contributed by atoms with Crippen molar-refractivity contribution in [2.75, 3.05) is 7.05 Å². The maximum Gasteiger partial charge on any atom is 0.254 e. The first-order chi connectivity index (χ1) is 8.11. The minimum Gasteiger partial charge on any atom is -0.323 e. The summed E-state index contributed by atoms with van der Waals surface area (Å²) in [5.74, 6) is -0.101. The van der Waals surface area contributed by atoms with E-state index >= 15 is 0 Å². The molecule has 0 fully saturated rings. The van der Waals surface area contributed by atoms with Crippen LogP contribution in [-0.4, -0.2) is 23.4 Å². The molecule has 0 bridgehead atoms. The third kappa shape index (κ3) is 2.47. The molecule has 0 heterocycles. The van der Waals surface area contributed by atoms with Gasteiger partial charge in [0.2, 0.25) is 0 Å². The largest absolute Gasteiger partial charge is 0.323 e. The van der Waals surface area contributed by atoms with Gasteiger partial charge in [-0.15, -0.1) is 0 Å². The summed E-state index contributed by atoms with van der Waals surface area (Å²) in [6, 6.07) is 11.3. The SMILES string of the molecule is CCC(C#N)(CC)N(C)C(=O)c1ccccc1. The van der Waals surface area contributed by atoms with E-state index in [2.05, 4.69) is 6.07 Å². The average molecular weight is 230 g/mol. The van der Waals surface area contributed by atoms with Crippen molar-refractivity contribution in [3.8, 4) is 6.07 Å². The van der Waals surface area contributed by atoms with Gasteiger partial charge in [-0.3, -0.25) is 4.79 Å². The fourth-order valence-corrected chi connectivity index (χ4v) is 1.93. The Morgan fingerprint density at radius 2 is 1.82 bits per heavy atom. The zero-order valence-corrected chi connectivity index (χ0v) is 10.6. The normalized spacial score (nSPS) is 10.7. The quantitative estimate of drug-likeness (QED) is 0.798. The summed E-state index contributed by atoms with van der Waals surface area (Å²) >= 11 is 0. The highest BCUT2D eigenvalue weighted by molar-refractivity contribution is 5.94. The highest BCUT2D eigenvalue weighted by atomic mass is 16.2. The molecule has 0 spiro atoms. The van der Waals surface area contributed by atoms with E-state index in [1.807, 2.05) is 32.0 Å². The van der Waals surface area contributed by atoms with Gasteiger partial charge in [-0.25, -0.2) is 0 Å². The molecule has 1 aromatic rings. The van der Waals surface area contributed by atoms with Crippen molar-refractivity contribution in [2.45, 2.75) is 32.2 Å². The van der Waals surface area contributed by atoms with E-state index in [1.54, 1.807) is 24.1 Å². The van der Waals surface area contributed by atoms with E-state index in [0.29, 0.717) is 18.4 Å². The number of hydrogen-bond donors (Lipinski definition) is 0.